The van der Waals surface area contributed by atoms with Crippen LogP contribution in [0.25, 0.3) is 34.4 Å². The maximum absolute atomic E-state index is 12.2. The maximum Gasteiger partial charge on any atom is 0.261 e. The molecule has 0 aliphatic carbocycles. The molecule has 0 saturated carbocycles. The average Bonchev–Trinajstić information content (AvgIpc) is 3.12. The Morgan fingerprint density at radius 3 is 2.69 bits per heavy atom. The third kappa shape index (κ3) is 3.32. The van der Waals surface area contributed by atoms with Gasteiger partial charge in [-0.15, -0.1) is 0 Å². The van der Waals surface area contributed by atoms with Crippen molar-refractivity contribution in [3.63, 3.8) is 0 Å². The Hall–Kier alpha value is -3.12. The van der Waals surface area contributed by atoms with Crippen molar-refractivity contribution in [2.24, 2.45) is 0 Å². The lowest BCUT2D eigenvalue weighted by molar-refractivity contribution is 0.971. The monoisotopic (exact) mass is 360 g/mol. The number of aromatic amines is 2. The molecule has 0 atom stereocenters. The Bertz CT molecular complexity index is 1150. The highest BCUT2D eigenvalue weighted by atomic mass is 32.2. The van der Waals surface area contributed by atoms with Crippen molar-refractivity contribution in [3.05, 3.63) is 76.3 Å². The van der Waals surface area contributed by atoms with Crippen molar-refractivity contribution in [3.8, 4) is 11.3 Å². The number of aromatic nitrogens is 4. The Morgan fingerprint density at radius 1 is 1.04 bits per heavy atom. The van der Waals surface area contributed by atoms with Gasteiger partial charge in [0.25, 0.3) is 5.56 Å². The molecule has 6 heteroatoms. The number of hydrogen-bond donors (Lipinski definition) is 2. The zero-order chi connectivity index (χ0) is 17.9. The molecule has 128 valence electrons. The van der Waals surface area contributed by atoms with E-state index in [1.165, 1.54) is 11.8 Å². The van der Waals surface area contributed by atoms with Gasteiger partial charge in [-0.2, -0.15) is 0 Å². The van der Waals surface area contributed by atoms with Gasteiger partial charge < -0.3 is 9.97 Å². The number of nitrogens with zero attached hydrogens (tertiary/aromatic N) is 2. The van der Waals surface area contributed by atoms with Crippen LogP contribution in [-0.4, -0.2) is 26.2 Å². The van der Waals surface area contributed by atoms with Crippen LogP contribution in [0.4, 0.5) is 0 Å². The first-order valence-corrected chi connectivity index (χ1v) is 9.32. The number of benzene rings is 1. The summed E-state index contributed by atoms with van der Waals surface area (Å²) in [6.45, 7) is 0. The topological polar surface area (TPSA) is 74.4 Å². The third-order valence-corrected chi connectivity index (χ3v) is 4.59. The second-order valence-corrected chi connectivity index (χ2v) is 6.53. The minimum Gasteiger partial charge on any atom is -0.339 e. The molecule has 0 aliphatic rings. The SMILES string of the molecule is CSc1nc2[nH]c(-c3ccnc(/C=C/c4ccccc4)c3)cc2c(=O)[nH]1. The Morgan fingerprint density at radius 2 is 1.88 bits per heavy atom. The minimum atomic E-state index is -0.139. The summed E-state index contributed by atoms with van der Waals surface area (Å²) in [6.07, 6.45) is 7.63. The molecule has 4 aromatic rings. The molecule has 0 fully saturated rings. The molecule has 0 saturated heterocycles. The molecule has 3 aromatic heterocycles. The summed E-state index contributed by atoms with van der Waals surface area (Å²) in [7, 11) is 0. The quantitative estimate of drug-likeness (QED) is 0.422. The van der Waals surface area contributed by atoms with E-state index in [0.29, 0.717) is 16.2 Å². The molecule has 0 spiro atoms. The standard InChI is InChI=1S/C20H16N4OS/c1-26-20-23-18-16(19(25)24-20)12-17(22-18)14-9-10-21-15(11-14)8-7-13-5-3-2-4-6-13/h2-12H,1H3,(H2,22,23,24,25)/b8-7+. The largest absolute Gasteiger partial charge is 0.339 e. The van der Waals surface area contributed by atoms with Crippen LogP contribution in [0.15, 0.2) is 64.7 Å². The van der Waals surface area contributed by atoms with E-state index in [4.69, 9.17) is 0 Å². The second-order valence-electron chi connectivity index (χ2n) is 5.73. The van der Waals surface area contributed by atoms with E-state index in [9.17, 15) is 4.79 Å². The van der Waals surface area contributed by atoms with Crippen LogP contribution in [0.2, 0.25) is 0 Å². The second kappa shape index (κ2) is 7.01. The molecule has 2 N–H and O–H groups in total. The summed E-state index contributed by atoms with van der Waals surface area (Å²) in [5.74, 6) is 0. The normalized spacial score (nSPS) is 11.4. The first kappa shape index (κ1) is 16.4. The lowest BCUT2D eigenvalue weighted by Gasteiger charge is -1.99. The fraction of sp³-hybridized carbons (Fsp3) is 0.0500. The zero-order valence-electron chi connectivity index (χ0n) is 14.1. The fourth-order valence-electron chi connectivity index (χ4n) is 2.70. The van der Waals surface area contributed by atoms with Gasteiger partial charge in [-0.1, -0.05) is 48.2 Å². The first-order valence-electron chi connectivity index (χ1n) is 8.09. The van der Waals surface area contributed by atoms with E-state index in [2.05, 4.69) is 19.9 Å². The van der Waals surface area contributed by atoms with Crippen molar-refractivity contribution in [2.45, 2.75) is 5.16 Å². The van der Waals surface area contributed by atoms with Gasteiger partial charge in [-0.05, 0) is 36.1 Å². The van der Waals surface area contributed by atoms with Gasteiger partial charge in [0.05, 0.1) is 11.1 Å². The number of fused-ring (bicyclic) bond motifs is 1. The van der Waals surface area contributed by atoms with E-state index in [-0.39, 0.29) is 5.56 Å². The highest BCUT2D eigenvalue weighted by Crippen LogP contribution is 2.23. The Labute approximate surface area is 154 Å². The molecule has 0 amide bonds. The Kier molecular flexibility index (Phi) is 4.41. The molecule has 4 rings (SSSR count). The molecule has 26 heavy (non-hydrogen) atoms. The number of rotatable bonds is 4. The number of H-pyrrole nitrogens is 2. The van der Waals surface area contributed by atoms with Crippen molar-refractivity contribution in [2.75, 3.05) is 6.26 Å². The van der Waals surface area contributed by atoms with Gasteiger partial charge in [0, 0.05) is 17.5 Å². The summed E-state index contributed by atoms with van der Waals surface area (Å²) >= 11 is 1.40. The van der Waals surface area contributed by atoms with Gasteiger partial charge in [0.1, 0.15) is 5.65 Å². The molecule has 0 aliphatic heterocycles. The summed E-state index contributed by atoms with van der Waals surface area (Å²) in [6, 6.07) is 15.8. The summed E-state index contributed by atoms with van der Waals surface area (Å²) in [4.78, 5) is 27.0. The van der Waals surface area contributed by atoms with Crippen LogP contribution in [0.1, 0.15) is 11.3 Å². The average molecular weight is 360 g/mol. The Balaban J connectivity index is 1.70. The number of hydrogen-bond acceptors (Lipinski definition) is 4. The van der Waals surface area contributed by atoms with Crippen LogP contribution in [-0.2, 0) is 0 Å². The van der Waals surface area contributed by atoms with E-state index >= 15 is 0 Å². The number of thioether (sulfide) groups is 1. The van der Waals surface area contributed by atoms with Crippen LogP contribution in [0, 0.1) is 0 Å². The van der Waals surface area contributed by atoms with E-state index in [0.717, 1.165) is 22.5 Å². The number of nitrogens with one attached hydrogen (secondary N) is 2. The number of pyridine rings is 1. The van der Waals surface area contributed by atoms with Crippen LogP contribution < -0.4 is 5.56 Å². The molecule has 5 nitrogen and oxygen atoms in total. The molecule has 0 radical (unpaired) electrons. The third-order valence-electron chi connectivity index (χ3n) is 4.01. The molecular formula is C20H16N4OS. The maximum atomic E-state index is 12.2. The fourth-order valence-corrected chi connectivity index (χ4v) is 3.08. The predicted octanol–water partition coefficient (Wildman–Crippen LogP) is 4.21. The molecular weight excluding hydrogens is 344 g/mol. The van der Waals surface area contributed by atoms with Gasteiger partial charge in [0.2, 0.25) is 0 Å². The van der Waals surface area contributed by atoms with Crippen LogP contribution in [0.5, 0.6) is 0 Å². The lowest BCUT2D eigenvalue weighted by atomic mass is 10.1. The van der Waals surface area contributed by atoms with Crippen molar-refractivity contribution < 1.29 is 0 Å². The van der Waals surface area contributed by atoms with Gasteiger partial charge in [-0.3, -0.25) is 9.78 Å². The summed E-state index contributed by atoms with van der Waals surface area (Å²) < 4.78 is 0. The lowest BCUT2D eigenvalue weighted by Crippen LogP contribution is -2.07. The molecule has 1 aromatic carbocycles. The molecule has 3 heterocycles. The highest BCUT2D eigenvalue weighted by Gasteiger charge is 2.09. The summed E-state index contributed by atoms with van der Waals surface area (Å²) in [5.41, 5.74) is 4.21. The highest BCUT2D eigenvalue weighted by molar-refractivity contribution is 7.98. The van der Waals surface area contributed by atoms with Crippen molar-refractivity contribution >= 4 is 34.9 Å². The molecule has 0 unspecified atom stereocenters. The van der Waals surface area contributed by atoms with Crippen molar-refractivity contribution in [1.82, 2.24) is 19.9 Å². The van der Waals surface area contributed by atoms with E-state index in [1.807, 2.05) is 66.9 Å². The molecule has 0 bridgehead atoms. The first-order chi connectivity index (χ1) is 12.7. The van der Waals surface area contributed by atoms with Gasteiger partial charge in [-0.25, -0.2) is 4.98 Å². The van der Waals surface area contributed by atoms with Crippen LogP contribution in [0.3, 0.4) is 0 Å². The predicted molar refractivity (Wildman–Crippen MR) is 107 cm³/mol. The van der Waals surface area contributed by atoms with E-state index < -0.39 is 0 Å². The zero-order valence-corrected chi connectivity index (χ0v) is 14.9. The van der Waals surface area contributed by atoms with Crippen molar-refractivity contribution in [1.29, 1.82) is 0 Å². The van der Waals surface area contributed by atoms with Gasteiger partial charge >= 0.3 is 0 Å². The van der Waals surface area contributed by atoms with Gasteiger partial charge in [0.15, 0.2) is 5.16 Å². The summed E-state index contributed by atoms with van der Waals surface area (Å²) in [5, 5.41) is 1.15. The van der Waals surface area contributed by atoms with Crippen LogP contribution >= 0.6 is 11.8 Å². The van der Waals surface area contributed by atoms with E-state index in [1.54, 1.807) is 6.20 Å². The smallest absolute Gasteiger partial charge is 0.261 e. The minimum absolute atomic E-state index is 0.139.